The zero-order valence-corrected chi connectivity index (χ0v) is 11.1. The third-order valence-corrected chi connectivity index (χ3v) is 4.59. The van der Waals surface area contributed by atoms with Gasteiger partial charge in [0.25, 0.3) is 0 Å². The minimum absolute atomic E-state index is 0.207. The Bertz CT molecular complexity index is 497. The molecule has 3 N–H and O–H groups in total. The van der Waals surface area contributed by atoms with E-state index in [2.05, 4.69) is 4.93 Å². The van der Waals surface area contributed by atoms with Gasteiger partial charge >= 0.3 is 106 Å². The van der Waals surface area contributed by atoms with Gasteiger partial charge in [-0.2, -0.15) is 0 Å². The maximum atomic E-state index is 9.94. The average molecular weight is 326 g/mol. The molecule has 0 atom stereocenters. The first-order chi connectivity index (χ1) is 7.74. The van der Waals surface area contributed by atoms with E-state index in [1.807, 2.05) is 36.4 Å². The molecule has 3 heteroatoms. The van der Waals surface area contributed by atoms with Crippen molar-refractivity contribution in [1.29, 1.82) is 0 Å². The fourth-order valence-electron chi connectivity index (χ4n) is 1.61. The van der Waals surface area contributed by atoms with E-state index in [4.69, 9.17) is 5.73 Å². The Labute approximate surface area is 105 Å². The Balaban J connectivity index is 2.62. The number of halogens is 1. The first kappa shape index (κ1) is 11.3. The summed E-state index contributed by atoms with van der Waals surface area (Å²) < 4.78 is 1.02. The molecule has 0 saturated heterocycles. The second-order valence-corrected chi connectivity index (χ2v) is 5.58. The fourth-order valence-corrected chi connectivity index (χ4v) is 3.51. The van der Waals surface area contributed by atoms with Crippen molar-refractivity contribution >= 4 is 5.69 Å². The summed E-state index contributed by atoms with van der Waals surface area (Å²) in [6.07, 6.45) is 0. The van der Waals surface area contributed by atoms with Crippen LogP contribution in [-0.2, 0) is 0 Å². The van der Waals surface area contributed by atoms with Crippen LogP contribution in [0.15, 0.2) is 42.5 Å². The summed E-state index contributed by atoms with van der Waals surface area (Å²) in [5.41, 5.74) is 8.41. The molecule has 0 unspecified atom stereocenters. The number of benzene rings is 2. The van der Waals surface area contributed by atoms with Crippen LogP contribution in [0, 0.1) is 3.57 Å². The molecule has 0 aliphatic heterocycles. The van der Waals surface area contributed by atoms with Crippen LogP contribution >= 0.6 is 0 Å². The van der Waals surface area contributed by atoms with Gasteiger partial charge in [-0.15, -0.1) is 0 Å². The molecule has 0 saturated carbocycles. The van der Waals surface area contributed by atoms with Gasteiger partial charge < -0.3 is 0 Å². The van der Waals surface area contributed by atoms with Gasteiger partial charge in [0.15, 0.2) is 0 Å². The van der Waals surface area contributed by atoms with Crippen molar-refractivity contribution in [2.45, 2.75) is 0 Å². The van der Waals surface area contributed by atoms with Crippen molar-refractivity contribution in [3.63, 3.8) is 0 Å². The van der Waals surface area contributed by atoms with Crippen LogP contribution in [0.1, 0.15) is 0 Å². The summed E-state index contributed by atoms with van der Waals surface area (Å²) >= 11 is -0.207. The normalized spacial score (nSPS) is 10.6. The van der Waals surface area contributed by atoms with Crippen molar-refractivity contribution in [2.75, 3.05) is 10.7 Å². The molecule has 0 bridgehead atoms. The third kappa shape index (κ3) is 2.00. The monoisotopic (exact) mass is 326 g/mol. The quantitative estimate of drug-likeness (QED) is 0.339. The SMILES string of the molecule is C[I-]c1c(-c2ccccc2)ccc(N)c1O. The summed E-state index contributed by atoms with van der Waals surface area (Å²) in [7, 11) is 0. The number of aromatic hydroxyl groups is 1. The van der Waals surface area contributed by atoms with E-state index in [1.54, 1.807) is 6.07 Å². The molecule has 0 aliphatic rings. The van der Waals surface area contributed by atoms with Crippen LogP contribution in [-0.4, -0.2) is 10.0 Å². The van der Waals surface area contributed by atoms with Crippen molar-refractivity contribution in [3.8, 4) is 16.9 Å². The zero-order valence-electron chi connectivity index (χ0n) is 8.94. The number of hydrogen-bond donors (Lipinski definition) is 2. The second-order valence-electron chi connectivity index (χ2n) is 3.42. The third-order valence-electron chi connectivity index (χ3n) is 2.42. The van der Waals surface area contributed by atoms with Gasteiger partial charge in [-0.3, -0.25) is 0 Å². The van der Waals surface area contributed by atoms with Crippen LogP contribution in [0.2, 0.25) is 0 Å². The number of hydrogen-bond acceptors (Lipinski definition) is 2. The van der Waals surface area contributed by atoms with E-state index in [-0.39, 0.29) is 27.0 Å². The van der Waals surface area contributed by atoms with Crippen LogP contribution in [0.5, 0.6) is 5.75 Å². The molecule has 2 nitrogen and oxygen atoms in total. The van der Waals surface area contributed by atoms with Crippen LogP contribution in [0.25, 0.3) is 11.1 Å². The molecule has 0 heterocycles. The standard InChI is InChI=1S/C13H13INO/c1-14-12-10(7-8-11(15)13(12)16)9-5-3-2-4-6-9/h2-8,16H,15H2,1H3/q-1. The van der Waals surface area contributed by atoms with E-state index in [0.717, 1.165) is 14.7 Å². The topological polar surface area (TPSA) is 46.2 Å². The van der Waals surface area contributed by atoms with Gasteiger partial charge in [-0.1, -0.05) is 0 Å². The summed E-state index contributed by atoms with van der Waals surface area (Å²) in [5.74, 6) is 0.261. The number of phenolic OH excluding ortho intramolecular Hbond substituents is 1. The molecular weight excluding hydrogens is 313 g/mol. The van der Waals surface area contributed by atoms with Gasteiger partial charge in [0.1, 0.15) is 0 Å². The predicted octanol–water partition coefficient (Wildman–Crippen LogP) is -0.470. The molecule has 0 aliphatic carbocycles. The van der Waals surface area contributed by atoms with Gasteiger partial charge in [0.2, 0.25) is 0 Å². The molecule has 16 heavy (non-hydrogen) atoms. The van der Waals surface area contributed by atoms with E-state index >= 15 is 0 Å². The van der Waals surface area contributed by atoms with E-state index in [0.29, 0.717) is 5.69 Å². The van der Waals surface area contributed by atoms with Crippen LogP contribution in [0.3, 0.4) is 0 Å². The zero-order chi connectivity index (χ0) is 11.5. The van der Waals surface area contributed by atoms with Crippen molar-refractivity contribution in [3.05, 3.63) is 46.0 Å². The molecule has 0 aromatic heterocycles. The molecule has 2 rings (SSSR count). The molecular formula is C13H13INO-. The van der Waals surface area contributed by atoms with Gasteiger partial charge in [-0.05, 0) is 0 Å². The first-order valence-electron chi connectivity index (χ1n) is 4.90. The van der Waals surface area contributed by atoms with Crippen molar-refractivity contribution in [1.82, 2.24) is 0 Å². The Morgan fingerprint density at radius 1 is 1.06 bits per heavy atom. The molecule has 0 fully saturated rings. The number of rotatable bonds is 2. The number of alkyl halides is 1. The minimum atomic E-state index is -0.207. The number of nitrogens with two attached hydrogens (primary N) is 1. The second kappa shape index (κ2) is 4.74. The molecule has 0 amide bonds. The number of phenols is 1. The Morgan fingerprint density at radius 3 is 2.38 bits per heavy atom. The van der Waals surface area contributed by atoms with Crippen molar-refractivity contribution < 1.29 is 26.3 Å². The van der Waals surface area contributed by atoms with Crippen molar-refractivity contribution in [2.24, 2.45) is 0 Å². The summed E-state index contributed by atoms with van der Waals surface area (Å²) in [6, 6.07) is 13.8. The fraction of sp³-hybridized carbons (Fsp3) is 0.0769. The van der Waals surface area contributed by atoms with Crippen LogP contribution in [0.4, 0.5) is 5.69 Å². The van der Waals surface area contributed by atoms with Gasteiger partial charge in [0, 0.05) is 0 Å². The van der Waals surface area contributed by atoms with E-state index < -0.39 is 0 Å². The Hall–Kier alpha value is -1.23. The predicted molar refractivity (Wildman–Crippen MR) is 62.6 cm³/mol. The average Bonchev–Trinajstić information content (AvgIpc) is 2.33. The summed E-state index contributed by atoms with van der Waals surface area (Å²) in [5, 5.41) is 9.94. The van der Waals surface area contributed by atoms with Gasteiger partial charge in [-0.25, -0.2) is 0 Å². The molecule has 0 spiro atoms. The number of nitrogen functional groups attached to an aromatic ring is 1. The van der Waals surface area contributed by atoms with Gasteiger partial charge in [0.05, 0.1) is 0 Å². The molecule has 84 valence electrons. The molecule has 0 radical (unpaired) electrons. The maximum absolute atomic E-state index is 9.94. The molecule has 2 aromatic rings. The Kier molecular flexibility index (Phi) is 3.33. The van der Waals surface area contributed by atoms with Crippen LogP contribution < -0.4 is 26.9 Å². The molecule has 2 aromatic carbocycles. The van der Waals surface area contributed by atoms with E-state index in [1.165, 1.54) is 0 Å². The van der Waals surface area contributed by atoms with E-state index in [9.17, 15) is 5.11 Å². The summed E-state index contributed by atoms with van der Waals surface area (Å²) in [4.78, 5) is 2.12. The first-order valence-corrected chi connectivity index (χ1v) is 8.14. The Morgan fingerprint density at radius 2 is 1.75 bits per heavy atom. The number of anilines is 1. The summed E-state index contributed by atoms with van der Waals surface area (Å²) in [6.45, 7) is 0.